The summed E-state index contributed by atoms with van der Waals surface area (Å²) in [4.78, 5) is 23.7. The fourth-order valence-electron chi connectivity index (χ4n) is 3.83. The zero-order valence-corrected chi connectivity index (χ0v) is 22.4. The lowest BCUT2D eigenvalue weighted by Gasteiger charge is -2.08. The second-order valence-electron chi connectivity index (χ2n) is 8.85. The highest BCUT2D eigenvalue weighted by Crippen LogP contribution is 2.21. The van der Waals surface area contributed by atoms with E-state index in [-0.39, 0.29) is 11.1 Å². The molecule has 0 heterocycles. The summed E-state index contributed by atoms with van der Waals surface area (Å²) in [6.07, 6.45) is 4.71. The smallest absolute Gasteiger partial charge is 0.150 e. The third-order valence-electron chi connectivity index (χ3n) is 6.12. The predicted octanol–water partition coefficient (Wildman–Crippen LogP) is 6.73. The van der Waals surface area contributed by atoms with Crippen molar-refractivity contribution in [1.29, 1.82) is 0 Å². The molecule has 0 saturated heterocycles. The van der Waals surface area contributed by atoms with Crippen LogP contribution in [-0.2, 0) is 22.8 Å². The Labute approximate surface area is 234 Å². The second-order valence-corrected chi connectivity index (χ2v) is 8.85. The highest BCUT2D eigenvalue weighted by atomic mass is 16.5. The van der Waals surface area contributed by atoms with Crippen molar-refractivity contribution in [3.8, 4) is 23.0 Å². The number of aldehydes is 2. The van der Waals surface area contributed by atoms with Crippen molar-refractivity contribution in [2.75, 3.05) is 14.2 Å². The van der Waals surface area contributed by atoms with Crippen molar-refractivity contribution in [3.63, 3.8) is 0 Å². The zero-order valence-electron chi connectivity index (χ0n) is 22.4. The van der Waals surface area contributed by atoms with Gasteiger partial charge in [-0.25, -0.2) is 0 Å². The van der Waals surface area contributed by atoms with Crippen LogP contribution in [-0.4, -0.2) is 26.8 Å². The number of benzene rings is 4. The number of hydrogen-bond donors (Lipinski definition) is 0. The van der Waals surface area contributed by atoms with E-state index in [9.17, 15) is 9.59 Å². The van der Waals surface area contributed by atoms with E-state index in [1.54, 1.807) is 26.4 Å². The van der Waals surface area contributed by atoms with Crippen LogP contribution in [0.4, 0.5) is 0 Å². The van der Waals surface area contributed by atoms with E-state index in [0.717, 1.165) is 33.8 Å². The molecule has 0 saturated carbocycles. The molecule has 4 aromatic rings. The van der Waals surface area contributed by atoms with Gasteiger partial charge in [0.25, 0.3) is 0 Å². The Balaban J connectivity index is 1.37. The molecular weight excluding hydrogens is 504 g/mol. The summed E-state index contributed by atoms with van der Waals surface area (Å²) in [7, 11) is 3.26. The van der Waals surface area contributed by atoms with E-state index in [4.69, 9.17) is 18.9 Å². The average Bonchev–Trinajstić information content (AvgIpc) is 3.02. The molecule has 0 spiro atoms. The van der Waals surface area contributed by atoms with E-state index in [1.807, 2.05) is 97.1 Å². The monoisotopic (exact) mass is 534 g/mol. The van der Waals surface area contributed by atoms with Gasteiger partial charge in [-0.1, -0.05) is 48.5 Å². The molecule has 0 radical (unpaired) electrons. The van der Waals surface area contributed by atoms with Crippen molar-refractivity contribution in [2.24, 2.45) is 0 Å². The minimum absolute atomic E-state index is 0.279. The van der Waals surface area contributed by atoms with E-state index in [2.05, 4.69) is 0 Å². The Bertz CT molecular complexity index is 1330. The van der Waals surface area contributed by atoms with Crippen LogP contribution in [0.15, 0.2) is 108 Å². The Kier molecular flexibility index (Phi) is 9.89. The molecule has 0 aliphatic rings. The number of methoxy groups -OCH3 is 2. The molecule has 4 aromatic carbocycles. The quantitative estimate of drug-likeness (QED) is 0.108. The summed E-state index contributed by atoms with van der Waals surface area (Å²) >= 11 is 0. The van der Waals surface area contributed by atoms with Gasteiger partial charge in [-0.3, -0.25) is 9.59 Å². The van der Waals surface area contributed by atoms with Crippen molar-refractivity contribution >= 4 is 24.7 Å². The van der Waals surface area contributed by atoms with Crippen LogP contribution < -0.4 is 18.9 Å². The molecule has 0 fully saturated rings. The third kappa shape index (κ3) is 7.95. The average molecular weight is 535 g/mol. The number of carbonyl (C=O) groups excluding carboxylic acids is 2. The summed E-state index contributed by atoms with van der Waals surface area (Å²) in [6.45, 7) is 0.838. The standard InChI is InChI=1S/C34H30O6/c1-37-31-11-7-27(8-12-31)23-39-33-15-3-25(4-16-33)19-29(21-35)30(22-36)20-26-5-17-34(18-6-26)40-24-28-9-13-32(38-2)14-10-28/h3-22H,23-24H2,1-2H3/b29-19-,30-20-. The van der Waals surface area contributed by atoms with Crippen molar-refractivity contribution < 1.29 is 28.5 Å². The Hall–Kier alpha value is -5.10. The maximum atomic E-state index is 11.9. The van der Waals surface area contributed by atoms with E-state index < -0.39 is 0 Å². The van der Waals surface area contributed by atoms with Gasteiger partial charge in [-0.2, -0.15) is 0 Å². The molecule has 40 heavy (non-hydrogen) atoms. The van der Waals surface area contributed by atoms with Gasteiger partial charge >= 0.3 is 0 Å². The molecule has 0 aromatic heterocycles. The number of ether oxygens (including phenoxy) is 4. The summed E-state index contributed by atoms with van der Waals surface area (Å²) in [5.41, 5.74) is 4.14. The van der Waals surface area contributed by atoms with Crippen LogP contribution in [0.5, 0.6) is 23.0 Å². The van der Waals surface area contributed by atoms with E-state index in [0.29, 0.717) is 37.3 Å². The molecule has 6 heteroatoms. The molecule has 0 aliphatic heterocycles. The van der Waals surface area contributed by atoms with Crippen molar-refractivity contribution in [1.82, 2.24) is 0 Å². The van der Waals surface area contributed by atoms with Gasteiger partial charge in [0.15, 0.2) is 12.6 Å². The number of carbonyl (C=O) groups is 2. The molecule has 4 rings (SSSR count). The highest BCUT2D eigenvalue weighted by Gasteiger charge is 2.06. The Morgan fingerprint density at radius 2 is 0.825 bits per heavy atom. The van der Waals surface area contributed by atoms with Gasteiger partial charge in [0.2, 0.25) is 0 Å². The van der Waals surface area contributed by atoms with Gasteiger partial charge in [0, 0.05) is 11.1 Å². The van der Waals surface area contributed by atoms with Crippen LogP contribution in [0, 0.1) is 0 Å². The van der Waals surface area contributed by atoms with Gasteiger partial charge in [-0.15, -0.1) is 0 Å². The van der Waals surface area contributed by atoms with Gasteiger partial charge in [-0.05, 0) is 82.9 Å². The second kappa shape index (κ2) is 14.2. The Morgan fingerprint density at radius 1 is 0.500 bits per heavy atom. The number of allylic oxidation sites excluding steroid dienone is 2. The topological polar surface area (TPSA) is 71.1 Å². The molecule has 202 valence electrons. The van der Waals surface area contributed by atoms with Crippen molar-refractivity contribution in [3.05, 3.63) is 130 Å². The zero-order chi connectivity index (χ0) is 28.2. The summed E-state index contributed by atoms with van der Waals surface area (Å²) < 4.78 is 22.0. The lowest BCUT2D eigenvalue weighted by molar-refractivity contribution is -0.107. The molecule has 0 N–H and O–H groups in total. The fraction of sp³-hybridized carbons (Fsp3) is 0.118. The first-order valence-electron chi connectivity index (χ1n) is 12.7. The predicted molar refractivity (Wildman–Crippen MR) is 156 cm³/mol. The molecule has 0 unspecified atom stereocenters. The molecule has 6 nitrogen and oxygen atoms in total. The summed E-state index contributed by atoms with van der Waals surface area (Å²) in [5, 5.41) is 0. The lowest BCUT2D eigenvalue weighted by Crippen LogP contribution is -1.96. The number of rotatable bonds is 13. The minimum atomic E-state index is 0.279. The van der Waals surface area contributed by atoms with Crippen LogP contribution in [0.3, 0.4) is 0 Å². The SMILES string of the molecule is COc1ccc(COc2ccc(/C=C(C=O)\C(C=O)=C/c3ccc(OCc4ccc(OC)cc4)cc3)cc2)cc1. The molecule has 0 atom stereocenters. The van der Waals surface area contributed by atoms with Crippen molar-refractivity contribution in [2.45, 2.75) is 13.2 Å². The maximum Gasteiger partial charge on any atom is 0.150 e. The van der Waals surface area contributed by atoms with Crippen LogP contribution in [0.25, 0.3) is 12.2 Å². The van der Waals surface area contributed by atoms with Crippen LogP contribution in [0.1, 0.15) is 22.3 Å². The largest absolute Gasteiger partial charge is 0.497 e. The van der Waals surface area contributed by atoms with Gasteiger partial charge in [0.05, 0.1) is 14.2 Å². The molecular formula is C34H30O6. The minimum Gasteiger partial charge on any atom is -0.497 e. The summed E-state index contributed by atoms with van der Waals surface area (Å²) in [6, 6.07) is 30.0. The number of hydrogen-bond acceptors (Lipinski definition) is 6. The van der Waals surface area contributed by atoms with E-state index >= 15 is 0 Å². The maximum absolute atomic E-state index is 11.9. The third-order valence-corrected chi connectivity index (χ3v) is 6.12. The summed E-state index contributed by atoms with van der Waals surface area (Å²) in [5.74, 6) is 2.98. The highest BCUT2D eigenvalue weighted by molar-refractivity contribution is 6.02. The first-order chi connectivity index (χ1) is 19.6. The van der Waals surface area contributed by atoms with Gasteiger partial charge in [0.1, 0.15) is 36.2 Å². The Morgan fingerprint density at radius 3 is 1.12 bits per heavy atom. The lowest BCUT2D eigenvalue weighted by atomic mass is 10.0. The first-order valence-corrected chi connectivity index (χ1v) is 12.7. The molecule has 0 amide bonds. The van der Waals surface area contributed by atoms with Crippen LogP contribution in [0.2, 0.25) is 0 Å². The van der Waals surface area contributed by atoms with Crippen LogP contribution >= 0.6 is 0 Å². The normalized spacial score (nSPS) is 11.4. The van der Waals surface area contributed by atoms with E-state index in [1.165, 1.54) is 0 Å². The van der Waals surface area contributed by atoms with Gasteiger partial charge < -0.3 is 18.9 Å². The first kappa shape index (κ1) is 27.9. The molecule has 0 aliphatic carbocycles. The fourth-order valence-corrected chi connectivity index (χ4v) is 3.83. The molecule has 0 bridgehead atoms.